The Morgan fingerprint density at radius 3 is 2.47 bits per heavy atom. The van der Waals surface area contributed by atoms with Gasteiger partial charge in [0.25, 0.3) is 0 Å². The number of H-pyrrole nitrogens is 1. The molecule has 1 N–H and O–H groups in total. The van der Waals surface area contributed by atoms with E-state index in [9.17, 15) is 8.42 Å². The highest BCUT2D eigenvalue weighted by molar-refractivity contribution is 7.89. The number of sulfonamides is 1. The summed E-state index contributed by atoms with van der Waals surface area (Å²) in [6, 6.07) is 11.6. The Labute approximate surface area is 175 Å². The van der Waals surface area contributed by atoms with Crippen LogP contribution in [0.25, 0.3) is 11.0 Å². The Morgan fingerprint density at radius 2 is 1.77 bits per heavy atom. The maximum atomic E-state index is 12.8. The minimum Gasteiger partial charge on any atom is -0.379 e. The summed E-state index contributed by atoms with van der Waals surface area (Å²) in [5.74, 6) is 2.27. The second-order valence-corrected chi connectivity index (χ2v) is 9.71. The SMILES string of the molecule is O=S(=O)(c1ccc(N2CCC(c3nc4ccccc4[nH]3)CC2)nc1)N1CCOCC1. The molecule has 0 bridgehead atoms. The van der Waals surface area contributed by atoms with E-state index < -0.39 is 10.0 Å². The van der Waals surface area contributed by atoms with Crippen molar-refractivity contribution in [3.8, 4) is 0 Å². The maximum Gasteiger partial charge on any atom is 0.244 e. The molecule has 2 aromatic heterocycles. The molecule has 2 fully saturated rings. The molecule has 0 spiro atoms. The Bertz CT molecular complexity index is 1080. The number of ether oxygens (including phenoxy) is 1. The van der Waals surface area contributed by atoms with Crippen LogP contribution in [0.3, 0.4) is 0 Å². The predicted molar refractivity (Wildman–Crippen MR) is 114 cm³/mol. The molecule has 0 atom stereocenters. The Balaban J connectivity index is 1.25. The summed E-state index contributed by atoms with van der Waals surface area (Å²) in [5.41, 5.74) is 2.09. The summed E-state index contributed by atoms with van der Waals surface area (Å²) in [5, 5.41) is 0. The first-order valence-corrected chi connectivity index (χ1v) is 11.8. The molecule has 158 valence electrons. The lowest BCUT2D eigenvalue weighted by atomic mass is 9.96. The number of nitrogens with one attached hydrogen (secondary N) is 1. The zero-order valence-corrected chi connectivity index (χ0v) is 17.5. The zero-order chi connectivity index (χ0) is 20.6. The molecule has 8 nitrogen and oxygen atoms in total. The fraction of sp³-hybridized carbons (Fsp3) is 0.429. The van der Waals surface area contributed by atoms with Crippen molar-refractivity contribution in [2.45, 2.75) is 23.7 Å². The third-order valence-corrected chi connectivity index (χ3v) is 7.82. The molecule has 0 radical (unpaired) electrons. The van der Waals surface area contributed by atoms with Gasteiger partial charge in [-0.05, 0) is 37.1 Å². The van der Waals surface area contributed by atoms with E-state index in [4.69, 9.17) is 9.72 Å². The van der Waals surface area contributed by atoms with E-state index in [2.05, 4.69) is 20.9 Å². The highest BCUT2D eigenvalue weighted by atomic mass is 32.2. The van der Waals surface area contributed by atoms with Crippen molar-refractivity contribution >= 4 is 26.9 Å². The number of aromatic nitrogens is 3. The van der Waals surface area contributed by atoms with Crippen molar-refractivity contribution in [1.29, 1.82) is 0 Å². The van der Waals surface area contributed by atoms with Crippen LogP contribution < -0.4 is 4.90 Å². The minimum absolute atomic E-state index is 0.241. The number of fused-ring (bicyclic) bond motifs is 1. The topological polar surface area (TPSA) is 91.4 Å². The number of benzene rings is 1. The van der Waals surface area contributed by atoms with Crippen LogP contribution in [-0.4, -0.2) is 67.1 Å². The van der Waals surface area contributed by atoms with Gasteiger partial charge in [0.15, 0.2) is 0 Å². The standard InChI is InChI=1S/C21H25N5O3S/c27-30(28,26-11-13-29-14-12-26)17-5-6-20(22-15-17)25-9-7-16(8-10-25)21-23-18-3-1-2-4-19(18)24-21/h1-6,15-16H,7-14H2,(H,23,24). The number of piperidine rings is 1. The average molecular weight is 428 g/mol. The highest BCUT2D eigenvalue weighted by Gasteiger charge is 2.28. The van der Waals surface area contributed by atoms with Gasteiger partial charge in [0, 0.05) is 38.3 Å². The van der Waals surface area contributed by atoms with Crippen molar-refractivity contribution in [3.63, 3.8) is 0 Å². The largest absolute Gasteiger partial charge is 0.379 e. The molecule has 0 amide bonds. The third-order valence-electron chi connectivity index (χ3n) is 5.94. The molecule has 0 unspecified atom stereocenters. The van der Waals surface area contributed by atoms with Crippen LogP contribution >= 0.6 is 0 Å². The summed E-state index contributed by atoms with van der Waals surface area (Å²) in [6.45, 7) is 3.38. The van der Waals surface area contributed by atoms with Crippen LogP contribution in [0.2, 0.25) is 0 Å². The van der Waals surface area contributed by atoms with E-state index in [1.807, 2.05) is 24.3 Å². The summed E-state index contributed by atoms with van der Waals surface area (Å²) in [7, 11) is -3.51. The number of hydrogen-bond acceptors (Lipinski definition) is 6. The van der Waals surface area contributed by atoms with Crippen molar-refractivity contribution < 1.29 is 13.2 Å². The lowest BCUT2D eigenvalue weighted by Crippen LogP contribution is -2.40. The van der Waals surface area contributed by atoms with Crippen molar-refractivity contribution in [2.24, 2.45) is 0 Å². The predicted octanol–water partition coefficient (Wildman–Crippen LogP) is 2.36. The molecule has 4 heterocycles. The van der Waals surface area contributed by atoms with Gasteiger partial charge in [0.1, 0.15) is 16.5 Å². The number of anilines is 1. The lowest BCUT2D eigenvalue weighted by molar-refractivity contribution is 0.0730. The van der Waals surface area contributed by atoms with Crippen LogP contribution in [0.15, 0.2) is 47.5 Å². The van der Waals surface area contributed by atoms with Gasteiger partial charge in [0.05, 0.1) is 24.2 Å². The molecule has 9 heteroatoms. The zero-order valence-electron chi connectivity index (χ0n) is 16.7. The summed E-state index contributed by atoms with van der Waals surface area (Å²) < 4.78 is 32.2. The normalized spacial score (nSPS) is 19.4. The number of pyridine rings is 1. The van der Waals surface area contributed by atoms with Gasteiger partial charge in [-0.1, -0.05) is 12.1 Å². The van der Waals surface area contributed by atoms with Crippen LogP contribution in [0.1, 0.15) is 24.6 Å². The van der Waals surface area contributed by atoms with Gasteiger partial charge in [0.2, 0.25) is 10.0 Å². The van der Waals surface area contributed by atoms with Gasteiger partial charge in [-0.2, -0.15) is 4.31 Å². The van der Waals surface area contributed by atoms with Crippen molar-refractivity contribution in [2.75, 3.05) is 44.3 Å². The molecule has 5 rings (SSSR count). The molecule has 3 aromatic rings. The molecule has 30 heavy (non-hydrogen) atoms. The van der Waals surface area contributed by atoms with E-state index >= 15 is 0 Å². The van der Waals surface area contributed by atoms with Gasteiger partial charge in [-0.15, -0.1) is 0 Å². The van der Waals surface area contributed by atoms with Crippen molar-refractivity contribution in [3.05, 3.63) is 48.4 Å². The first-order chi connectivity index (χ1) is 14.6. The van der Waals surface area contributed by atoms with Crippen molar-refractivity contribution in [1.82, 2.24) is 19.3 Å². The fourth-order valence-corrected chi connectivity index (χ4v) is 5.55. The first kappa shape index (κ1) is 19.5. The highest BCUT2D eigenvalue weighted by Crippen LogP contribution is 2.30. The number of imidazole rings is 1. The van der Waals surface area contributed by atoms with Gasteiger partial charge < -0.3 is 14.6 Å². The molecule has 2 aliphatic heterocycles. The van der Waals surface area contributed by atoms with Gasteiger partial charge in [-0.3, -0.25) is 0 Å². The minimum atomic E-state index is -3.51. The average Bonchev–Trinajstić information content (AvgIpc) is 3.24. The quantitative estimate of drug-likeness (QED) is 0.687. The van der Waals surface area contributed by atoms with Crippen LogP contribution in [-0.2, 0) is 14.8 Å². The number of para-hydroxylation sites is 2. The second-order valence-electron chi connectivity index (χ2n) is 7.77. The van der Waals surface area contributed by atoms with Crippen LogP contribution in [0.5, 0.6) is 0 Å². The van der Waals surface area contributed by atoms with E-state index in [0.717, 1.165) is 48.6 Å². The summed E-state index contributed by atoms with van der Waals surface area (Å²) in [4.78, 5) is 15.1. The Morgan fingerprint density at radius 1 is 1.00 bits per heavy atom. The summed E-state index contributed by atoms with van der Waals surface area (Å²) >= 11 is 0. The smallest absolute Gasteiger partial charge is 0.244 e. The lowest BCUT2D eigenvalue weighted by Gasteiger charge is -2.32. The molecule has 1 aromatic carbocycles. The maximum absolute atomic E-state index is 12.8. The fourth-order valence-electron chi connectivity index (χ4n) is 4.20. The number of morpholine rings is 1. The molecular formula is C21H25N5O3S. The molecule has 0 saturated carbocycles. The van der Waals surface area contributed by atoms with E-state index in [-0.39, 0.29) is 4.90 Å². The van der Waals surface area contributed by atoms with Crippen LogP contribution in [0, 0.1) is 0 Å². The van der Waals surface area contributed by atoms with E-state index in [1.54, 1.807) is 6.07 Å². The van der Waals surface area contributed by atoms with E-state index in [1.165, 1.54) is 10.5 Å². The first-order valence-electron chi connectivity index (χ1n) is 10.3. The van der Waals surface area contributed by atoms with Gasteiger partial charge in [-0.25, -0.2) is 18.4 Å². The van der Waals surface area contributed by atoms with Crippen LogP contribution in [0.4, 0.5) is 5.82 Å². The Kier molecular flexibility index (Phi) is 5.18. The molecular weight excluding hydrogens is 402 g/mol. The van der Waals surface area contributed by atoms with E-state index in [0.29, 0.717) is 32.2 Å². The molecule has 2 saturated heterocycles. The summed E-state index contributed by atoms with van der Waals surface area (Å²) in [6.07, 6.45) is 3.44. The number of aromatic amines is 1. The molecule has 2 aliphatic rings. The number of rotatable bonds is 4. The van der Waals surface area contributed by atoms with Gasteiger partial charge >= 0.3 is 0 Å². The molecule has 0 aliphatic carbocycles. The monoisotopic (exact) mass is 427 g/mol. The Hall–Kier alpha value is -2.49. The second kappa shape index (κ2) is 7.98. The third kappa shape index (κ3) is 3.68. The number of nitrogens with zero attached hydrogens (tertiary/aromatic N) is 4. The number of hydrogen-bond donors (Lipinski definition) is 1.